The molecule has 0 bridgehead atoms. The first-order chi connectivity index (χ1) is 16.6. The van der Waals surface area contributed by atoms with Crippen LogP contribution in [0.25, 0.3) is 10.9 Å². The van der Waals surface area contributed by atoms with Gasteiger partial charge in [0.2, 0.25) is 10.7 Å². The number of hydrogen-bond donors (Lipinski definition) is 1. The average Bonchev–Trinajstić information content (AvgIpc) is 3.43. The number of carbonyl (C=O) groups is 2. The van der Waals surface area contributed by atoms with Gasteiger partial charge in [-0.1, -0.05) is 23.4 Å². The molecule has 172 valence electrons. The Morgan fingerprint density at radius 1 is 0.882 bits per heavy atom. The molecule has 3 heterocycles. The van der Waals surface area contributed by atoms with Crippen LogP contribution in [-0.2, 0) is 11.4 Å². The Hall–Kier alpha value is -3.89. The monoisotopic (exact) mass is 475 g/mol. The number of para-hydroxylation sites is 1. The van der Waals surface area contributed by atoms with Crippen LogP contribution in [0.15, 0.2) is 82.5 Å². The van der Waals surface area contributed by atoms with Gasteiger partial charge in [-0.25, -0.2) is 4.72 Å². The third-order valence-electron chi connectivity index (χ3n) is 5.64. The fourth-order valence-electron chi connectivity index (χ4n) is 3.85. The number of hydrogen-bond acceptors (Lipinski definition) is 7. The zero-order valence-electron chi connectivity index (χ0n) is 18.1. The molecule has 2 amide bonds. The second kappa shape index (κ2) is 9.54. The summed E-state index contributed by atoms with van der Waals surface area (Å²) in [7, 11) is 0. The molecule has 10 heteroatoms. The van der Waals surface area contributed by atoms with E-state index in [2.05, 4.69) is 14.9 Å². The minimum absolute atomic E-state index is 0.113. The van der Waals surface area contributed by atoms with Crippen LogP contribution in [0.3, 0.4) is 0 Å². The second-order valence-electron chi connectivity index (χ2n) is 7.74. The summed E-state index contributed by atoms with van der Waals surface area (Å²) in [5.74, 6) is -0.147. The third kappa shape index (κ3) is 4.45. The van der Waals surface area contributed by atoms with Crippen LogP contribution >= 0.6 is 0 Å². The lowest BCUT2D eigenvalue weighted by Gasteiger charge is -2.34. The molecule has 4 aromatic rings. The van der Waals surface area contributed by atoms with Crippen LogP contribution in [0.2, 0.25) is 0 Å². The van der Waals surface area contributed by atoms with Crippen molar-refractivity contribution in [2.24, 2.45) is 0 Å². The van der Waals surface area contributed by atoms with Gasteiger partial charge in [0.05, 0.1) is 11.9 Å². The van der Waals surface area contributed by atoms with Crippen LogP contribution in [0.5, 0.6) is 0 Å². The number of carbonyl (C=O) groups excluding carboxylic acids is 2. The molecule has 34 heavy (non-hydrogen) atoms. The van der Waals surface area contributed by atoms with Gasteiger partial charge in [0.25, 0.3) is 11.8 Å². The molecular formula is C24H21N5O4S. The van der Waals surface area contributed by atoms with Crippen molar-refractivity contribution < 1.29 is 18.7 Å². The zero-order valence-corrected chi connectivity index (χ0v) is 18.9. The highest BCUT2D eigenvalue weighted by atomic mass is 32.2. The molecule has 1 fully saturated rings. The van der Waals surface area contributed by atoms with Crippen molar-refractivity contribution in [2.75, 3.05) is 30.9 Å². The minimum atomic E-state index is -1.51. The zero-order chi connectivity index (χ0) is 23.5. The summed E-state index contributed by atoms with van der Waals surface area (Å²) in [4.78, 5) is 33.6. The maximum absolute atomic E-state index is 12.9. The normalized spacial score (nSPS) is 14.7. The quantitative estimate of drug-likeness (QED) is 0.441. The van der Waals surface area contributed by atoms with E-state index in [-0.39, 0.29) is 17.6 Å². The Bertz CT molecular complexity index is 1300. The van der Waals surface area contributed by atoms with Crippen molar-refractivity contribution in [3.05, 3.63) is 84.4 Å². The van der Waals surface area contributed by atoms with E-state index in [0.29, 0.717) is 47.8 Å². The summed E-state index contributed by atoms with van der Waals surface area (Å²) < 4.78 is 20.8. The lowest BCUT2D eigenvalue weighted by atomic mass is 10.1. The number of anilines is 1. The summed E-state index contributed by atoms with van der Waals surface area (Å²) in [6.07, 6.45) is 3.10. The number of amides is 2. The largest absolute Gasteiger partial charge is 0.588 e. The van der Waals surface area contributed by atoms with Gasteiger partial charge >= 0.3 is 0 Å². The number of nitrogens with zero attached hydrogens (tertiary/aromatic N) is 4. The molecule has 1 aliphatic rings. The molecule has 5 rings (SSSR count). The van der Waals surface area contributed by atoms with Gasteiger partial charge in [-0.15, -0.1) is 0 Å². The maximum Gasteiger partial charge on any atom is 0.292 e. The van der Waals surface area contributed by atoms with Crippen LogP contribution < -0.4 is 4.72 Å². The summed E-state index contributed by atoms with van der Waals surface area (Å²) in [6, 6.07) is 17.7. The van der Waals surface area contributed by atoms with Gasteiger partial charge in [0.1, 0.15) is 16.9 Å². The number of rotatable bonds is 5. The number of fused-ring (bicyclic) bond motifs is 1. The van der Waals surface area contributed by atoms with E-state index in [1.165, 1.54) is 12.3 Å². The predicted molar refractivity (Wildman–Crippen MR) is 127 cm³/mol. The Labute approximate surface area is 198 Å². The predicted octanol–water partition coefficient (Wildman–Crippen LogP) is 2.96. The van der Waals surface area contributed by atoms with E-state index in [9.17, 15) is 14.1 Å². The third-order valence-corrected chi connectivity index (χ3v) is 6.79. The van der Waals surface area contributed by atoms with Crippen molar-refractivity contribution in [1.82, 2.24) is 19.9 Å². The molecule has 0 radical (unpaired) electrons. The highest BCUT2D eigenvalue weighted by molar-refractivity contribution is 7.93. The Morgan fingerprint density at radius 2 is 1.59 bits per heavy atom. The highest BCUT2D eigenvalue weighted by Gasteiger charge is 2.27. The van der Waals surface area contributed by atoms with Gasteiger partial charge in [0, 0.05) is 49.4 Å². The van der Waals surface area contributed by atoms with Crippen molar-refractivity contribution in [1.29, 1.82) is 0 Å². The first kappa shape index (κ1) is 21.9. The van der Waals surface area contributed by atoms with Crippen LogP contribution in [0.1, 0.15) is 20.9 Å². The smallest absolute Gasteiger partial charge is 0.292 e. The van der Waals surface area contributed by atoms with Crippen LogP contribution in [0, 0.1) is 0 Å². The molecule has 0 spiro atoms. The molecule has 1 N–H and O–H groups in total. The first-order valence-electron chi connectivity index (χ1n) is 10.7. The first-order valence-corrected chi connectivity index (χ1v) is 11.9. The van der Waals surface area contributed by atoms with E-state index < -0.39 is 11.4 Å². The molecule has 0 aliphatic carbocycles. The van der Waals surface area contributed by atoms with Crippen molar-refractivity contribution >= 4 is 39.8 Å². The van der Waals surface area contributed by atoms with E-state index >= 15 is 0 Å². The number of piperazine rings is 1. The summed E-state index contributed by atoms with van der Waals surface area (Å²) >= 11 is -1.51. The lowest BCUT2D eigenvalue weighted by molar-refractivity contribution is 0.0513. The number of pyridine rings is 1. The van der Waals surface area contributed by atoms with Gasteiger partial charge in [-0.2, -0.15) is 0 Å². The Kier molecular flexibility index (Phi) is 6.15. The van der Waals surface area contributed by atoms with Gasteiger partial charge in [0.15, 0.2) is 0 Å². The number of benzene rings is 2. The van der Waals surface area contributed by atoms with Gasteiger partial charge in [-0.3, -0.25) is 14.6 Å². The van der Waals surface area contributed by atoms with Gasteiger partial charge in [-0.05, 0) is 36.4 Å². The minimum Gasteiger partial charge on any atom is -0.588 e. The molecule has 2 aromatic carbocycles. The molecule has 1 unspecified atom stereocenters. The molecular weight excluding hydrogens is 454 g/mol. The van der Waals surface area contributed by atoms with Crippen molar-refractivity contribution in [3.8, 4) is 0 Å². The summed E-state index contributed by atoms with van der Waals surface area (Å²) in [5.41, 5.74) is 1.84. The van der Waals surface area contributed by atoms with E-state index in [4.69, 9.17) is 4.52 Å². The van der Waals surface area contributed by atoms with E-state index in [1.807, 2.05) is 24.3 Å². The Balaban J connectivity index is 1.20. The van der Waals surface area contributed by atoms with E-state index in [0.717, 1.165) is 5.39 Å². The van der Waals surface area contributed by atoms with Crippen molar-refractivity contribution in [3.63, 3.8) is 0 Å². The molecule has 1 atom stereocenters. The standard InChI is InChI=1S/C24H21N5O4S/c30-23(28-13-15-29(16-14-28)24(31)20-10-12-26-33-20)18-6-8-19(9-7-18)27-34(32)21-5-1-3-17-4-2-11-25-22(17)21/h1-12,27H,13-16H2. The maximum atomic E-state index is 12.9. The molecule has 1 aliphatic heterocycles. The molecule has 1 saturated heterocycles. The number of aromatic nitrogens is 2. The van der Waals surface area contributed by atoms with Gasteiger partial charge < -0.3 is 18.9 Å². The molecule has 9 nitrogen and oxygen atoms in total. The van der Waals surface area contributed by atoms with Crippen LogP contribution in [-0.4, -0.2) is 62.5 Å². The SMILES string of the molecule is O=C(c1ccc(N[S+]([O-])c2cccc3cccnc23)cc1)N1CCN(C(=O)c2ccno2)CC1. The van der Waals surface area contributed by atoms with Crippen LogP contribution in [0.4, 0.5) is 5.69 Å². The van der Waals surface area contributed by atoms with E-state index in [1.54, 1.807) is 46.3 Å². The second-order valence-corrected chi connectivity index (χ2v) is 8.92. The molecule has 0 saturated carbocycles. The lowest BCUT2D eigenvalue weighted by Crippen LogP contribution is -2.50. The summed E-state index contributed by atoms with van der Waals surface area (Å²) in [6.45, 7) is 1.69. The highest BCUT2D eigenvalue weighted by Crippen LogP contribution is 2.23. The number of nitrogens with one attached hydrogen (secondary N) is 1. The fraction of sp³-hybridized carbons (Fsp3) is 0.167. The fourth-order valence-corrected chi connectivity index (χ4v) is 4.85. The summed E-state index contributed by atoms with van der Waals surface area (Å²) in [5, 5.41) is 4.48. The topological polar surface area (TPSA) is 115 Å². The van der Waals surface area contributed by atoms with Crippen molar-refractivity contribution in [2.45, 2.75) is 4.90 Å². The molecule has 2 aromatic heterocycles. The average molecular weight is 476 g/mol. The Morgan fingerprint density at radius 3 is 2.29 bits per heavy atom.